The number of benzene rings is 1. The van der Waals surface area contributed by atoms with Crippen molar-refractivity contribution in [2.75, 3.05) is 5.75 Å². The highest BCUT2D eigenvalue weighted by Crippen LogP contribution is 2.21. The van der Waals surface area contributed by atoms with E-state index in [1.807, 2.05) is 6.07 Å². The molecule has 0 atom stereocenters. The molecule has 0 aliphatic rings. The zero-order chi connectivity index (χ0) is 16.7. The minimum Gasteiger partial charge on any atom is -0.273 e. The summed E-state index contributed by atoms with van der Waals surface area (Å²) in [5.74, 6) is -0.109. The molecular weight excluding hydrogens is 312 g/mol. The van der Waals surface area contributed by atoms with E-state index in [0.717, 1.165) is 4.90 Å². The summed E-state index contributed by atoms with van der Waals surface area (Å²) in [5.41, 5.74) is 7.31. The van der Waals surface area contributed by atoms with E-state index >= 15 is 0 Å². The number of thioether (sulfide) groups is 1. The number of hydrazine groups is 1. The van der Waals surface area contributed by atoms with Gasteiger partial charge in [0.25, 0.3) is 5.91 Å². The Bertz CT molecular complexity index is 692. The minimum absolute atomic E-state index is 0.150. The summed E-state index contributed by atoms with van der Waals surface area (Å²) in [5, 5.41) is 0. The standard InChI is InChI=1S/C16H18N4O2S/c1-11-3-4-13(9-12(11)2)23-8-5-15(21)19-20-16(22)14-10-17-6-7-18-14/h3-4,6-7,9-10H,5,8H2,1-2H3,(H,19,21)(H,20,22). The third-order valence-corrected chi connectivity index (χ3v) is 4.18. The number of hydrogen-bond acceptors (Lipinski definition) is 5. The summed E-state index contributed by atoms with van der Waals surface area (Å²) in [4.78, 5) is 32.2. The average Bonchev–Trinajstić information content (AvgIpc) is 2.56. The Morgan fingerprint density at radius 3 is 2.65 bits per heavy atom. The van der Waals surface area contributed by atoms with Gasteiger partial charge in [-0.2, -0.15) is 0 Å². The van der Waals surface area contributed by atoms with Crippen molar-refractivity contribution in [1.82, 2.24) is 20.8 Å². The van der Waals surface area contributed by atoms with Crippen LogP contribution in [-0.4, -0.2) is 27.5 Å². The van der Waals surface area contributed by atoms with Crippen LogP contribution in [0.4, 0.5) is 0 Å². The van der Waals surface area contributed by atoms with Crippen LogP contribution in [0.1, 0.15) is 28.0 Å². The first-order chi connectivity index (χ1) is 11.1. The van der Waals surface area contributed by atoms with Gasteiger partial charge in [-0.1, -0.05) is 6.07 Å². The molecule has 7 heteroatoms. The maximum absolute atomic E-state index is 11.7. The van der Waals surface area contributed by atoms with E-state index < -0.39 is 5.91 Å². The van der Waals surface area contributed by atoms with Crippen LogP contribution in [-0.2, 0) is 4.79 Å². The first-order valence-electron chi connectivity index (χ1n) is 7.11. The van der Waals surface area contributed by atoms with E-state index in [4.69, 9.17) is 0 Å². The second-order valence-electron chi connectivity index (χ2n) is 4.94. The van der Waals surface area contributed by atoms with Crippen molar-refractivity contribution in [1.29, 1.82) is 0 Å². The normalized spacial score (nSPS) is 10.2. The van der Waals surface area contributed by atoms with E-state index in [1.54, 1.807) is 11.8 Å². The number of nitrogens with one attached hydrogen (secondary N) is 2. The molecule has 0 fully saturated rings. The molecule has 2 N–H and O–H groups in total. The molecule has 0 saturated carbocycles. The van der Waals surface area contributed by atoms with Crippen molar-refractivity contribution < 1.29 is 9.59 Å². The van der Waals surface area contributed by atoms with Gasteiger partial charge < -0.3 is 0 Å². The Labute approximate surface area is 139 Å². The predicted molar refractivity (Wildman–Crippen MR) is 88.9 cm³/mol. The van der Waals surface area contributed by atoms with Gasteiger partial charge in [0, 0.05) is 29.5 Å². The molecule has 120 valence electrons. The zero-order valence-electron chi connectivity index (χ0n) is 13.0. The highest BCUT2D eigenvalue weighted by atomic mass is 32.2. The van der Waals surface area contributed by atoms with Crippen LogP contribution < -0.4 is 10.9 Å². The fourth-order valence-electron chi connectivity index (χ4n) is 1.73. The molecule has 1 aromatic carbocycles. The molecule has 1 aromatic heterocycles. The Kier molecular flexibility index (Phi) is 6.10. The number of rotatable bonds is 5. The van der Waals surface area contributed by atoms with Gasteiger partial charge in [-0.15, -0.1) is 11.8 Å². The van der Waals surface area contributed by atoms with Crippen LogP contribution in [0.2, 0.25) is 0 Å². The molecule has 0 saturated heterocycles. The summed E-state index contributed by atoms with van der Waals surface area (Å²) in [6, 6.07) is 6.22. The number of nitrogens with zero attached hydrogens (tertiary/aromatic N) is 2. The summed E-state index contributed by atoms with van der Waals surface area (Å²) in [6.07, 6.45) is 4.52. The maximum atomic E-state index is 11.7. The van der Waals surface area contributed by atoms with Gasteiger partial charge in [-0.05, 0) is 37.1 Å². The van der Waals surface area contributed by atoms with Crippen molar-refractivity contribution in [3.05, 3.63) is 53.6 Å². The van der Waals surface area contributed by atoms with Crippen LogP contribution in [0, 0.1) is 13.8 Å². The molecule has 6 nitrogen and oxygen atoms in total. The fourth-order valence-corrected chi connectivity index (χ4v) is 2.68. The SMILES string of the molecule is Cc1ccc(SCCC(=O)NNC(=O)c2cnccn2)cc1C. The van der Waals surface area contributed by atoms with E-state index in [9.17, 15) is 9.59 Å². The van der Waals surface area contributed by atoms with Crippen molar-refractivity contribution in [3.8, 4) is 0 Å². The number of carbonyl (C=O) groups excluding carboxylic acids is 2. The van der Waals surface area contributed by atoms with E-state index in [1.165, 1.54) is 29.7 Å². The molecule has 2 rings (SSSR count). The van der Waals surface area contributed by atoms with Crippen LogP contribution in [0.15, 0.2) is 41.7 Å². The lowest BCUT2D eigenvalue weighted by atomic mass is 10.1. The number of carbonyl (C=O) groups is 2. The summed E-state index contributed by atoms with van der Waals surface area (Å²) in [6.45, 7) is 4.13. The van der Waals surface area contributed by atoms with Crippen molar-refractivity contribution in [3.63, 3.8) is 0 Å². The summed E-state index contributed by atoms with van der Waals surface area (Å²) in [7, 11) is 0. The van der Waals surface area contributed by atoms with Gasteiger partial charge in [0.05, 0.1) is 6.20 Å². The fraction of sp³-hybridized carbons (Fsp3) is 0.250. The lowest BCUT2D eigenvalue weighted by Gasteiger charge is -2.07. The molecule has 0 aliphatic heterocycles. The minimum atomic E-state index is -0.492. The van der Waals surface area contributed by atoms with E-state index in [0.29, 0.717) is 12.2 Å². The predicted octanol–water partition coefficient (Wildman–Crippen LogP) is 2.04. The second-order valence-corrected chi connectivity index (χ2v) is 6.11. The smallest absolute Gasteiger partial charge is 0.273 e. The molecule has 2 amide bonds. The molecule has 0 bridgehead atoms. The summed E-state index contributed by atoms with van der Waals surface area (Å²) >= 11 is 1.61. The number of amides is 2. The Hall–Kier alpha value is -2.41. The first-order valence-corrected chi connectivity index (χ1v) is 8.10. The summed E-state index contributed by atoms with van der Waals surface area (Å²) < 4.78 is 0. The third kappa shape index (κ3) is 5.37. The van der Waals surface area contributed by atoms with Crippen molar-refractivity contribution in [2.45, 2.75) is 25.2 Å². The van der Waals surface area contributed by atoms with Gasteiger partial charge >= 0.3 is 0 Å². The van der Waals surface area contributed by atoms with Gasteiger partial charge in [0.2, 0.25) is 5.91 Å². The van der Waals surface area contributed by atoms with Gasteiger partial charge in [-0.25, -0.2) is 4.98 Å². The molecule has 0 spiro atoms. The molecule has 23 heavy (non-hydrogen) atoms. The second kappa shape index (κ2) is 8.28. The van der Waals surface area contributed by atoms with Gasteiger partial charge in [-0.3, -0.25) is 25.4 Å². The number of aromatic nitrogens is 2. The largest absolute Gasteiger partial charge is 0.289 e. The molecule has 2 aromatic rings. The van der Waals surface area contributed by atoms with Crippen LogP contribution in [0.3, 0.4) is 0 Å². The van der Waals surface area contributed by atoms with Crippen molar-refractivity contribution >= 4 is 23.6 Å². The molecule has 0 unspecified atom stereocenters. The molecule has 1 heterocycles. The molecular formula is C16H18N4O2S. The Balaban J connectivity index is 1.71. The number of aryl methyl sites for hydroxylation is 2. The number of hydrogen-bond donors (Lipinski definition) is 2. The Morgan fingerprint density at radius 2 is 1.96 bits per heavy atom. The monoisotopic (exact) mass is 330 g/mol. The van der Waals surface area contributed by atoms with Crippen LogP contribution >= 0.6 is 11.8 Å². The Morgan fingerprint density at radius 1 is 1.13 bits per heavy atom. The third-order valence-electron chi connectivity index (χ3n) is 3.19. The van der Waals surface area contributed by atoms with Gasteiger partial charge in [0.1, 0.15) is 5.69 Å². The lowest BCUT2D eigenvalue weighted by Crippen LogP contribution is -2.42. The highest BCUT2D eigenvalue weighted by Gasteiger charge is 2.08. The molecule has 0 aliphatic carbocycles. The topological polar surface area (TPSA) is 84.0 Å². The lowest BCUT2D eigenvalue weighted by molar-refractivity contribution is -0.121. The highest BCUT2D eigenvalue weighted by molar-refractivity contribution is 7.99. The van der Waals surface area contributed by atoms with E-state index in [-0.39, 0.29) is 11.6 Å². The van der Waals surface area contributed by atoms with Crippen LogP contribution in [0.5, 0.6) is 0 Å². The quantitative estimate of drug-likeness (QED) is 0.647. The average molecular weight is 330 g/mol. The first kappa shape index (κ1) is 17.0. The van der Waals surface area contributed by atoms with Crippen molar-refractivity contribution in [2.24, 2.45) is 0 Å². The maximum Gasteiger partial charge on any atom is 0.289 e. The van der Waals surface area contributed by atoms with E-state index in [2.05, 4.69) is 46.8 Å². The van der Waals surface area contributed by atoms with Gasteiger partial charge in [0.15, 0.2) is 0 Å². The van der Waals surface area contributed by atoms with Crippen LogP contribution in [0.25, 0.3) is 0 Å². The zero-order valence-corrected chi connectivity index (χ0v) is 13.8. The molecule has 0 radical (unpaired) electrons.